The van der Waals surface area contributed by atoms with Crippen molar-refractivity contribution in [2.24, 2.45) is 0 Å². The minimum atomic E-state index is -0.623. The molecular weight excluding hydrogens is 320 g/mol. The van der Waals surface area contributed by atoms with Gasteiger partial charge in [-0.3, -0.25) is 0 Å². The van der Waals surface area contributed by atoms with E-state index in [2.05, 4.69) is 0 Å². The second-order valence-corrected chi connectivity index (χ2v) is 12.8. The van der Waals surface area contributed by atoms with Gasteiger partial charge >= 0.3 is 0 Å². The van der Waals surface area contributed by atoms with Crippen LogP contribution >= 0.6 is 58.6 Å². The lowest BCUT2D eigenvalue weighted by atomic mass is 10.5. The summed E-state index contributed by atoms with van der Waals surface area (Å²) in [5.41, 5.74) is 0. The Kier molecular flexibility index (Phi) is 5.80. The Hall–Kier alpha value is 2.00. The van der Waals surface area contributed by atoms with Crippen molar-refractivity contribution in [2.75, 3.05) is 28.9 Å². The van der Waals surface area contributed by atoms with Crippen LogP contribution in [0.25, 0.3) is 0 Å². The molecule has 0 bridgehead atoms. The van der Waals surface area contributed by atoms with Gasteiger partial charge in [-0.2, -0.15) is 0 Å². The van der Waals surface area contributed by atoms with Crippen molar-refractivity contribution in [1.29, 1.82) is 0 Å². The summed E-state index contributed by atoms with van der Waals surface area (Å²) in [5.74, 6) is 4.72. The lowest BCUT2D eigenvalue weighted by molar-refractivity contribution is 0.595. The zero-order valence-corrected chi connectivity index (χ0v) is 13.9. The molecule has 1 spiro atoms. The summed E-state index contributed by atoms with van der Waals surface area (Å²) in [6.45, 7) is 2.00. The zero-order chi connectivity index (χ0) is 11.6. The largest absolute Gasteiger partial charge is 0.616 e. The first-order valence-corrected chi connectivity index (χ1v) is 11.0. The Morgan fingerprint density at radius 2 is 1.94 bits per heavy atom. The molecule has 4 atom stereocenters. The molecule has 2 fully saturated rings. The summed E-state index contributed by atoms with van der Waals surface area (Å²) < 4.78 is 11.8. The maximum absolute atomic E-state index is 11.5. The van der Waals surface area contributed by atoms with Gasteiger partial charge in [0, 0.05) is 22.6 Å². The molecule has 2 aliphatic rings. The third-order valence-electron chi connectivity index (χ3n) is 2.38. The summed E-state index contributed by atoms with van der Waals surface area (Å²) in [5, 5.41) is 1.17. The molecule has 0 N–H and O–H groups in total. The zero-order valence-electron chi connectivity index (χ0n) is 9.02. The average Bonchev–Trinajstić information content (AvgIpc) is 2.87. The van der Waals surface area contributed by atoms with E-state index in [9.17, 15) is 4.55 Å². The highest BCUT2D eigenvalue weighted by atomic mass is 35.5. The summed E-state index contributed by atoms with van der Waals surface area (Å²) >= 11 is 13.4. The van der Waals surface area contributed by atoms with Crippen molar-refractivity contribution in [1.82, 2.24) is 0 Å². The molecule has 2 aliphatic heterocycles. The Morgan fingerprint density at radius 1 is 1.31 bits per heavy atom. The van der Waals surface area contributed by atoms with Crippen LogP contribution in [0.15, 0.2) is 0 Å². The van der Waals surface area contributed by atoms with Crippen LogP contribution in [0.4, 0.5) is 0 Å². The molecule has 0 aliphatic carbocycles. The Labute approximate surface area is 123 Å². The molecule has 2 saturated heterocycles. The van der Waals surface area contributed by atoms with Gasteiger partial charge in [0.2, 0.25) is 0 Å². The van der Waals surface area contributed by atoms with E-state index in [0.29, 0.717) is 10.5 Å². The molecule has 0 aromatic rings. The van der Waals surface area contributed by atoms with Gasteiger partial charge in [0.1, 0.15) is 11.5 Å². The second-order valence-electron chi connectivity index (χ2n) is 3.65. The molecule has 0 saturated carbocycles. The van der Waals surface area contributed by atoms with Gasteiger partial charge in [0.15, 0.2) is 2.74 Å². The maximum Gasteiger partial charge on any atom is 0.154 e. The molecule has 1 nitrogen and oxygen atoms in total. The van der Waals surface area contributed by atoms with Crippen LogP contribution in [0.2, 0.25) is 0 Å². The fourth-order valence-corrected chi connectivity index (χ4v) is 11.8. The Bertz CT molecular complexity index is 244. The van der Waals surface area contributed by atoms with Crippen molar-refractivity contribution in [3.05, 3.63) is 0 Å². The molecular formula is C9H15ClOS5. The standard InChI is InChI=1S/C9H15ClOS5/c1-2-16(11)6-8-5-13-9(15-8)12-4-7(3-10)14-9/h7-8H,2-6H2,1H3. The van der Waals surface area contributed by atoms with Crippen LogP contribution in [-0.2, 0) is 11.2 Å². The summed E-state index contributed by atoms with van der Waals surface area (Å²) in [7, 11) is 0. The smallest absolute Gasteiger partial charge is 0.154 e. The van der Waals surface area contributed by atoms with E-state index in [1.807, 2.05) is 54.0 Å². The van der Waals surface area contributed by atoms with Gasteiger partial charge in [-0.1, -0.05) is 11.2 Å². The van der Waals surface area contributed by atoms with Gasteiger partial charge in [0.05, 0.1) is 5.25 Å². The minimum Gasteiger partial charge on any atom is -0.616 e. The molecule has 4 unspecified atom stereocenters. The summed E-state index contributed by atoms with van der Waals surface area (Å²) in [6, 6.07) is 0. The number of hydrogen-bond donors (Lipinski definition) is 0. The summed E-state index contributed by atoms with van der Waals surface area (Å²) in [4.78, 5) is 0. The molecule has 7 heteroatoms. The predicted octanol–water partition coefficient (Wildman–Crippen LogP) is 3.30. The van der Waals surface area contributed by atoms with Crippen LogP contribution in [0.1, 0.15) is 6.92 Å². The predicted molar refractivity (Wildman–Crippen MR) is 84.7 cm³/mol. The van der Waals surface area contributed by atoms with Crippen molar-refractivity contribution in [3.8, 4) is 0 Å². The van der Waals surface area contributed by atoms with Gasteiger partial charge in [-0.15, -0.1) is 58.6 Å². The molecule has 94 valence electrons. The van der Waals surface area contributed by atoms with Crippen molar-refractivity contribution in [2.45, 2.75) is 20.2 Å². The van der Waals surface area contributed by atoms with Crippen LogP contribution in [0, 0.1) is 0 Å². The van der Waals surface area contributed by atoms with Crippen molar-refractivity contribution >= 4 is 69.8 Å². The minimum absolute atomic E-state index is 0.266. The van der Waals surface area contributed by atoms with E-state index in [1.165, 1.54) is 0 Å². The van der Waals surface area contributed by atoms with E-state index in [1.54, 1.807) is 0 Å². The molecule has 2 heterocycles. The summed E-state index contributed by atoms with van der Waals surface area (Å²) in [6.07, 6.45) is 0. The number of rotatable bonds is 4. The van der Waals surface area contributed by atoms with Crippen LogP contribution in [0.3, 0.4) is 0 Å². The lowest BCUT2D eigenvalue weighted by Crippen LogP contribution is -2.20. The van der Waals surface area contributed by atoms with E-state index in [4.69, 9.17) is 11.6 Å². The molecule has 16 heavy (non-hydrogen) atoms. The number of hydrogen-bond acceptors (Lipinski definition) is 5. The molecule has 0 amide bonds. The van der Waals surface area contributed by atoms with E-state index >= 15 is 0 Å². The van der Waals surface area contributed by atoms with Gasteiger partial charge < -0.3 is 4.55 Å². The Balaban J connectivity index is 1.83. The van der Waals surface area contributed by atoms with Crippen LogP contribution < -0.4 is 0 Å². The molecule has 0 radical (unpaired) electrons. The van der Waals surface area contributed by atoms with Crippen LogP contribution in [-0.4, -0.2) is 46.7 Å². The fraction of sp³-hybridized carbons (Fsp3) is 1.00. The second kappa shape index (κ2) is 6.44. The molecule has 2 rings (SSSR count). The number of thioether (sulfide) groups is 4. The normalized spacial score (nSPS) is 40.7. The highest BCUT2D eigenvalue weighted by molar-refractivity contribution is 8.50. The molecule has 0 aromatic heterocycles. The monoisotopic (exact) mass is 334 g/mol. The van der Waals surface area contributed by atoms with Gasteiger partial charge in [-0.05, 0) is 6.92 Å². The number of alkyl halides is 1. The Morgan fingerprint density at radius 3 is 2.50 bits per heavy atom. The van der Waals surface area contributed by atoms with Gasteiger partial charge in [0.25, 0.3) is 0 Å². The first-order valence-electron chi connectivity index (χ1n) is 5.22. The van der Waals surface area contributed by atoms with E-state index < -0.39 is 11.2 Å². The van der Waals surface area contributed by atoms with Crippen LogP contribution in [0.5, 0.6) is 0 Å². The van der Waals surface area contributed by atoms with E-state index in [0.717, 1.165) is 28.9 Å². The third kappa shape index (κ3) is 3.52. The quantitative estimate of drug-likeness (QED) is 0.579. The SMILES string of the molecule is CC[S+]([O-])CC1CSC2(SCC(CCl)S2)S1. The first kappa shape index (κ1) is 14.4. The highest BCUT2D eigenvalue weighted by Gasteiger charge is 2.48. The highest BCUT2D eigenvalue weighted by Crippen LogP contribution is 2.66. The first-order chi connectivity index (χ1) is 7.67. The third-order valence-corrected chi connectivity index (χ3v) is 12.6. The fourth-order valence-electron chi connectivity index (χ4n) is 1.56. The maximum atomic E-state index is 11.5. The van der Waals surface area contributed by atoms with Crippen molar-refractivity contribution < 1.29 is 4.55 Å². The van der Waals surface area contributed by atoms with E-state index in [-0.39, 0.29) is 2.74 Å². The average molecular weight is 335 g/mol. The number of halogens is 1. The van der Waals surface area contributed by atoms with Gasteiger partial charge in [-0.25, -0.2) is 0 Å². The topological polar surface area (TPSA) is 23.1 Å². The molecule has 0 aromatic carbocycles. The van der Waals surface area contributed by atoms with Crippen molar-refractivity contribution in [3.63, 3.8) is 0 Å². The lowest BCUT2D eigenvalue weighted by Gasteiger charge is -2.20.